The number of rotatable bonds is 4. The zero-order valence-electron chi connectivity index (χ0n) is 11.3. The summed E-state index contributed by atoms with van der Waals surface area (Å²) in [6, 6.07) is 7.86. The molecule has 0 aliphatic carbocycles. The van der Waals surface area contributed by atoms with Gasteiger partial charge in [-0.05, 0) is 26.0 Å². The van der Waals surface area contributed by atoms with Gasteiger partial charge in [0.2, 0.25) is 0 Å². The second kappa shape index (κ2) is 5.16. The van der Waals surface area contributed by atoms with Gasteiger partial charge < -0.3 is 9.84 Å². The smallest absolute Gasteiger partial charge is 0.260 e. The summed E-state index contributed by atoms with van der Waals surface area (Å²) in [6.45, 7) is 4.49. The van der Waals surface area contributed by atoms with Crippen LogP contribution in [0.15, 0.2) is 35.0 Å². The third-order valence-corrected chi connectivity index (χ3v) is 3.09. The summed E-state index contributed by atoms with van der Waals surface area (Å²) < 4.78 is 5.23. The highest BCUT2D eigenvalue weighted by molar-refractivity contribution is 5.72. The molecule has 0 amide bonds. The Morgan fingerprint density at radius 1 is 1.25 bits per heavy atom. The van der Waals surface area contributed by atoms with E-state index in [4.69, 9.17) is 4.52 Å². The van der Waals surface area contributed by atoms with Crippen LogP contribution in [0.2, 0.25) is 0 Å². The highest BCUT2D eigenvalue weighted by atomic mass is 16.5. The number of hydrogen-bond acceptors (Lipinski definition) is 5. The number of aromatic amines is 1. The molecule has 3 rings (SSSR count). The van der Waals surface area contributed by atoms with E-state index in [-0.39, 0.29) is 0 Å². The Bertz CT molecular complexity index is 716. The van der Waals surface area contributed by atoms with Crippen molar-refractivity contribution in [1.29, 1.82) is 0 Å². The molecule has 0 radical (unpaired) electrons. The number of para-hydroxylation sites is 1. The first-order chi connectivity index (χ1) is 9.74. The molecule has 0 spiro atoms. The largest absolute Gasteiger partial charge is 0.380 e. The maximum Gasteiger partial charge on any atom is 0.260 e. The van der Waals surface area contributed by atoms with Crippen LogP contribution in [0.5, 0.6) is 0 Å². The Hall–Kier alpha value is -2.63. The van der Waals surface area contributed by atoms with Crippen LogP contribution in [0.4, 0.5) is 5.69 Å². The molecule has 6 heteroatoms. The maximum absolute atomic E-state index is 5.23. The number of nitrogens with one attached hydrogen (secondary N) is 2. The van der Waals surface area contributed by atoms with Crippen molar-refractivity contribution in [2.75, 3.05) is 5.32 Å². The minimum Gasteiger partial charge on any atom is -0.380 e. The van der Waals surface area contributed by atoms with E-state index in [9.17, 15) is 0 Å². The predicted molar refractivity (Wildman–Crippen MR) is 75.1 cm³/mol. The minimum absolute atomic E-state index is 0.523. The molecule has 6 nitrogen and oxygen atoms in total. The van der Waals surface area contributed by atoms with Gasteiger partial charge in [0.1, 0.15) is 0 Å². The number of aryl methyl sites for hydroxylation is 2. The average Bonchev–Trinajstić information content (AvgIpc) is 3.06. The lowest BCUT2D eigenvalue weighted by Gasteiger charge is -2.09. The van der Waals surface area contributed by atoms with Crippen LogP contribution in [0, 0.1) is 13.8 Å². The second-order valence-electron chi connectivity index (χ2n) is 4.57. The van der Waals surface area contributed by atoms with Crippen LogP contribution < -0.4 is 5.32 Å². The van der Waals surface area contributed by atoms with Crippen molar-refractivity contribution in [2.45, 2.75) is 20.4 Å². The normalized spacial score (nSPS) is 10.7. The van der Waals surface area contributed by atoms with E-state index < -0.39 is 0 Å². The first-order valence-corrected chi connectivity index (χ1v) is 6.36. The van der Waals surface area contributed by atoms with E-state index in [2.05, 4.69) is 25.7 Å². The average molecular weight is 269 g/mol. The van der Waals surface area contributed by atoms with Crippen molar-refractivity contribution in [3.8, 4) is 11.5 Å². The highest BCUT2D eigenvalue weighted by Gasteiger charge is 2.11. The van der Waals surface area contributed by atoms with Gasteiger partial charge in [0.05, 0.1) is 11.8 Å². The van der Waals surface area contributed by atoms with E-state index in [1.165, 1.54) is 0 Å². The Labute approximate surface area is 116 Å². The molecule has 20 heavy (non-hydrogen) atoms. The van der Waals surface area contributed by atoms with Crippen molar-refractivity contribution >= 4 is 5.69 Å². The molecule has 2 aromatic heterocycles. The van der Waals surface area contributed by atoms with Gasteiger partial charge in [-0.2, -0.15) is 10.1 Å². The van der Waals surface area contributed by atoms with Crippen LogP contribution in [-0.4, -0.2) is 20.3 Å². The van der Waals surface area contributed by atoms with Crippen molar-refractivity contribution < 1.29 is 4.52 Å². The van der Waals surface area contributed by atoms with Crippen LogP contribution in [0.3, 0.4) is 0 Å². The number of nitrogens with zero attached hydrogens (tertiary/aromatic N) is 3. The Morgan fingerprint density at radius 3 is 2.80 bits per heavy atom. The third kappa shape index (κ3) is 2.40. The number of H-pyrrole nitrogens is 1. The van der Waals surface area contributed by atoms with E-state index in [1.807, 2.05) is 37.4 Å². The molecule has 102 valence electrons. The number of aromatic nitrogens is 4. The molecule has 0 saturated heterocycles. The van der Waals surface area contributed by atoms with Gasteiger partial charge >= 0.3 is 0 Å². The molecule has 0 atom stereocenters. The number of anilines is 1. The zero-order chi connectivity index (χ0) is 13.9. The lowest BCUT2D eigenvalue weighted by molar-refractivity contribution is 0.426. The molecule has 3 aromatic rings. The second-order valence-corrected chi connectivity index (χ2v) is 4.57. The Kier molecular flexibility index (Phi) is 3.20. The summed E-state index contributed by atoms with van der Waals surface area (Å²) in [5.41, 5.74) is 4.04. The fourth-order valence-corrected chi connectivity index (χ4v) is 1.97. The summed E-state index contributed by atoms with van der Waals surface area (Å²) in [6.07, 6.45) is 1.82. The van der Waals surface area contributed by atoms with Gasteiger partial charge in [0.15, 0.2) is 5.82 Å². The summed E-state index contributed by atoms with van der Waals surface area (Å²) in [7, 11) is 0. The van der Waals surface area contributed by atoms with Gasteiger partial charge in [-0.3, -0.25) is 5.10 Å². The number of hydrogen-bond donors (Lipinski definition) is 2. The van der Waals surface area contributed by atoms with Crippen molar-refractivity contribution in [3.05, 3.63) is 47.5 Å². The third-order valence-electron chi connectivity index (χ3n) is 3.09. The standard InChI is InChI=1S/C14H15N5O/c1-9-11(8-16-18-9)7-15-13-6-4-3-5-12(13)14-17-10(2)19-20-14/h3-6,8,15H,7H2,1-2H3,(H,16,18). The topological polar surface area (TPSA) is 79.6 Å². The van der Waals surface area contributed by atoms with Crippen molar-refractivity contribution in [2.24, 2.45) is 0 Å². The van der Waals surface area contributed by atoms with E-state index in [1.54, 1.807) is 6.92 Å². The van der Waals surface area contributed by atoms with E-state index >= 15 is 0 Å². The van der Waals surface area contributed by atoms with Crippen LogP contribution in [0.25, 0.3) is 11.5 Å². The van der Waals surface area contributed by atoms with Crippen LogP contribution >= 0.6 is 0 Å². The van der Waals surface area contributed by atoms with Gasteiger partial charge in [-0.15, -0.1) is 0 Å². The molecule has 0 bridgehead atoms. The quantitative estimate of drug-likeness (QED) is 0.761. The molecule has 0 saturated carbocycles. The summed E-state index contributed by atoms with van der Waals surface area (Å²) in [5.74, 6) is 1.15. The van der Waals surface area contributed by atoms with Crippen LogP contribution in [-0.2, 0) is 6.54 Å². The van der Waals surface area contributed by atoms with Gasteiger partial charge in [0.25, 0.3) is 5.89 Å². The summed E-state index contributed by atoms with van der Waals surface area (Å²) in [5, 5.41) is 14.1. The minimum atomic E-state index is 0.523. The molecular weight excluding hydrogens is 254 g/mol. The monoisotopic (exact) mass is 269 g/mol. The Balaban J connectivity index is 1.85. The van der Waals surface area contributed by atoms with Gasteiger partial charge in [0, 0.05) is 23.5 Å². The SMILES string of the molecule is Cc1noc(-c2ccccc2NCc2cn[nH]c2C)n1. The van der Waals surface area contributed by atoms with Crippen LogP contribution in [0.1, 0.15) is 17.1 Å². The number of benzene rings is 1. The van der Waals surface area contributed by atoms with Crippen molar-refractivity contribution in [3.63, 3.8) is 0 Å². The molecule has 2 heterocycles. The molecule has 0 unspecified atom stereocenters. The summed E-state index contributed by atoms with van der Waals surface area (Å²) in [4.78, 5) is 4.27. The summed E-state index contributed by atoms with van der Waals surface area (Å²) >= 11 is 0. The highest BCUT2D eigenvalue weighted by Crippen LogP contribution is 2.26. The zero-order valence-corrected chi connectivity index (χ0v) is 11.3. The fraction of sp³-hybridized carbons (Fsp3) is 0.214. The first-order valence-electron chi connectivity index (χ1n) is 6.36. The lowest BCUT2D eigenvalue weighted by Crippen LogP contribution is -2.01. The predicted octanol–water partition coefficient (Wildman–Crippen LogP) is 2.69. The van der Waals surface area contributed by atoms with E-state index in [0.29, 0.717) is 18.3 Å². The molecule has 0 aliphatic rings. The fourth-order valence-electron chi connectivity index (χ4n) is 1.97. The van der Waals surface area contributed by atoms with Gasteiger partial charge in [-0.25, -0.2) is 0 Å². The Morgan fingerprint density at radius 2 is 2.10 bits per heavy atom. The molecule has 1 aromatic carbocycles. The molecule has 0 aliphatic heterocycles. The van der Waals surface area contributed by atoms with E-state index in [0.717, 1.165) is 22.5 Å². The lowest BCUT2D eigenvalue weighted by atomic mass is 10.1. The van der Waals surface area contributed by atoms with Gasteiger partial charge in [-0.1, -0.05) is 17.3 Å². The van der Waals surface area contributed by atoms with Crippen molar-refractivity contribution in [1.82, 2.24) is 20.3 Å². The molecule has 0 fully saturated rings. The first kappa shape index (κ1) is 12.4. The maximum atomic E-state index is 5.23. The molecular formula is C14H15N5O. The molecule has 2 N–H and O–H groups in total.